The van der Waals surface area contributed by atoms with E-state index in [2.05, 4.69) is 34.4 Å². The number of hydrogen-bond donors (Lipinski definition) is 2. The number of halogens is 1. The third-order valence-electron chi connectivity index (χ3n) is 7.13. The number of ether oxygens (including phenoxy) is 3. The molecule has 2 amide bonds. The topological polar surface area (TPSA) is 89.1 Å². The lowest BCUT2D eigenvalue weighted by Crippen LogP contribution is -2.48. The molecule has 0 aliphatic carbocycles. The molecule has 0 aromatic heterocycles. The Morgan fingerprint density at radius 2 is 1.88 bits per heavy atom. The molecule has 1 fully saturated rings. The van der Waals surface area contributed by atoms with Gasteiger partial charge in [0.05, 0.1) is 26.9 Å². The van der Waals surface area contributed by atoms with E-state index in [1.165, 1.54) is 12.7 Å². The molecule has 3 aromatic rings. The van der Waals surface area contributed by atoms with Gasteiger partial charge in [0.25, 0.3) is 5.91 Å². The smallest absolute Gasteiger partial charge is 0.406 e. The first-order valence-electron chi connectivity index (χ1n) is 13.9. The van der Waals surface area contributed by atoms with E-state index in [0.717, 1.165) is 35.2 Å². The van der Waals surface area contributed by atoms with E-state index in [9.17, 15) is 9.59 Å². The van der Waals surface area contributed by atoms with Crippen molar-refractivity contribution < 1.29 is 23.8 Å². The fourth-order valence-corrected chi connectivity index (χ4v) is 5.32. The SMILES string of the molecule is CCc1cccc(-c2c(Cl)cccc2[C@H](OCCNC(=O)OC)[C@H]2CN(C(=O)c3ccc(CNC)cc3)CCO2)c1. The number of nitrogens with zero attached hydrogens (tertiary/aromatic N) is 1. The van der Waals surface area contributed by atoms with Crippen LogP contribution in [0.25, 0.3) is 11.1 Å². The highest BCUT2D eigenvalue weighted by molar-refractivity contribution is 6.33. The second-order valence-electron chi connectivity index (χ2n) is 9.86. The van der Waals surface area contributed by atoms with Gasteiger partial charge in [0, 0.05) is 35.8 Å². The predicted molar refractivity (Wildman–Crippen MR) is 160 cm³/mol. The molecule has 0 radical (unpaired) electrons. The Hall–Kier alpha value is -3.43. The molecule has 0 spiro atoms. The van der Waals surface area contributed by atoms with Crippen molar-refractivity contribution in [2.45, 2.75) is 32.1 Å². The van der Waals surface area contributed by atoms with Crippen molar-refractivity contribution in [2.24, 2.45) is 0 Å². The van der Waals surface area contributed by atoms with Gasteiger partial charge >= 0.3 is 6.09 Å². The molecule has 1 saturated heterocycles. The second-order valence-corrected chi connectivity index (χ2v) is 10.3. The van der Waals surface area contributed by atoms with Crippen molar-refractivity contribution in [3.63, 3.8) is 0 Å². The summed E-state index contributed by atoms with van der Waals surface area (Å²) >= 11 is 6.82. The number of hydrogen-bond acceptors (Lipinski definition) is 6. The van der Waals surface area contributed by atoms with E-state index in [0.29, 0.717) is 30.3 Å². The van der Waals surface area contributed by atoms with Gasteiger partial charge in [-0.2, -0.15) is 0 Å². The number of methoxy groups -OCH3 is 1. The molecule has 2 N–H and O–H groups in total. The fraction of sp³-hybridized carbons (Fsp3) is 0.375. The van der Waals surface area contributed by atoms with Crippen LogP contribution in [-0.2, 0) is 27.2 Å². The number of morpholine rings is 1. The minimum absolute atomic E-state index is 0.0534. The molecular formula is C32H38ClN3O5. The molecular weight excluding hydrogens is 542 g/mol. The lowest BCUT2D eigenvalue weighted by atomic mass is 9.92. The van der Waals surface area contributed by atoms with Crippen LogP contribution in [0.5, 0.6) is 0 Å². The molecule has 0 bridgehead atoms. The first-order chi connectivity index (χ1) is 19.9. The molecule has 218 valence electrons. The van der Waals surface area contributed by atoms with Gasteiger partial charge in [0.1, 0.15) is 12.2 Å². The third-order valence-corrected chi connectivity index (χ3v) is 7.45. The Labute approximate surface area is 246 Å². The van der Waals surface area contributed by atoms with Crippen molar-refractivity contribution in [3.8, 4) is 11.1 Å². The summed E-state index contributed by atoms with van der Waals surface area (Å²) < 4.78 is 17.3. The minimum atomic E-state index is -0.554. The lowest BCUT2D eigenvalue weighted by Gasteiger charge is -2.38. The largest absolute Gasteiger partial charge is 0.453 e. The summed E-state index contributed by atoms with van der Waals surface area (Å²) in [7, 11) is 3.21. The summed E-state index contributed by atoms with van der Waals surface area (Å²) in [6.07, 6.45) is -0.648. The second kappa shape index (κ2) is 15.0. The highest BCUT2D eigenvalue weighted by atomic mass is 35.5. The average molecular weight is 580 g/mol. The number of aryl methyl sites for hydroxylation is 1. The van der Waals surface area contributed by atoms with Crippen LogP contribution < -0.4 is 10.6 Å². The molecule has 1 aliphatic heterocycles. The molecule has 1 heterocycles. The van der Waals surface area contributed by atoms with Gasteiger partial charge < -0.3 is 29.7 Å². The number of alkyl carbamates (subject to hydrolysis) is 1. The average Bonchev–Trinajstić information content (AvgIpc) is 3.01. The summed E-state index contributed by atoms with van der Waals surface area (Å²) in [5.41, 5.74) is 5.64. The van der Waals surface area contributed by atoms with Gasteiger partial charge in [-0.1, -0.05) is 67.1 Å². The number of amides is 2. The summed E-state index contributed by atoms with van der Waals surface area (Å²) in [5, 5.41) is 6.38. The zero-order valence-electron chi connectivity index (χ0n) is 23.8. The van der Waals surface area contributed by atoms with Crippen LogP contribution >= 0.6 is 11.6 Å². The van der Waals surface area contributed by atoms with Crippen LogP contribution in [0.3, 0.4) is 0 Å². The van der Waals surface area contributed by atoms with Crippen LogP contribution in [0, 0.1) is 0 Å². The summed E-state index contributed by atoms with van der Waals surface area (Å²) in [4.78, 5) is 26.9. The van der Waals surface area contributed by atoms with Crippen LogP contribution in [-0.4, -0.2) is 70.0 Å². The maximum atomic E-state index is 13.5. The Bertz CT molecular complexity index is 1320. The predicted octanol–water partition coefficient (Wildman–Crippen LogP) is 5.24. The van der Waals surface area contributed by atoms with Gasteiger partial charge in [-0.05, 0) is 53.9 Å². The number of rotatable bonds is 11. The zero-order valence-corrected chi connectivity index (χ0v) is 24.6. The van der Waals surface area contributed by atoms with Crippen molar-refractivity contribution in [1.82, 2.24) is 15.5 Å². The highest BCUT2D eigenvalue weighted by Gasteiger charge is 2.34. The van der Waals surface area contributed by atoms with Gasteiger partial charge in [0.15, 0.2) is 0 Å². The first-order valence-corrected chi connectivity index (χ1v) is 14.3. The van der Waals surface area contributed by atoms with Gasteiger partial charge in [-0.3, -0.25) is 4.79 Å². The maximum Gasteiger partial charge on any atom is 0.406 e. The Kier molecular flexibility index (Phi) is 11.2. The van der Waals surface area contributed by atoms with E-state index >= 15 is 0 Å². The van der Waals surface area contributed by atoms with Gasteiger partial charge in [-0.15, -0.1) is 0 Å². The van der Waals surface area contributed by atoms with E-state index in [1.807, 2.05) is 66.5 Å². The molecule has 0 saturated carbocycles. The Morgan fingerprint density at radius 3 is 2.61 bits per heavy atom. The quantitative estimate of drug-likeness (QED) is 0.302. The van der Waals surface area contributed by atoms with Crippen molar-refractivity contribution in [3.05, 3.63) is 94.0 Å². The molecule has 8 nitrogen and oxygen atoms in total. The van der Waals surface area contributed by atoms with Crippen molar-refractivity contribution in [2.75, 3.05) is 47.0 Å². The molecule has 4 rings (SSSR count). The summed E-state index contributed by atoms with van der Waals surface area (Å²) in [6, 6.07) is 21.7. The van der Waals surface area contributed by atoms with Crippen molar-refractivity contribution >= 4 is 23.6 Å². The van der Waals surface area contributed by atoms with Crippen LogP contribution in [0.4, 0.5) is 4.79 Å². The van der Waals surface area contributed by atoms with Gasteiger partial charge in [0.2, 0.25) is 0 Å². The molecule has 3 aromatic carbocycles. The minimum Gasteiger partial charge on any atom is -0.453 e. The fourth-order valence-electron chi connectivity index (χ4n) is 5.03. The van der Waals surface area contributed by atoms with Crippen LogP contribution in [0.1, 0.15) is 40.1 Å². The van der Waals surface area contributed by atoms with Crippen molar-refractivity contribution in [1.29, 1.82) is 0 Å². The van der Waals surface area contributed by atoms with E-state index < -0.39 is 18.3 Å². The number of benzene rings is 3. The standard InChI is InChI=1S/C32H38ClN3O5/c1-4-22-7-5-8-25(19-22)29-26(9-6-10-27(29)33)30(41-17-15-35-32(38)39-3)28-21-36(16-18-40-28)31(37)24-13-11-23(12-14-24)20-34-2/h5-14,19,28,30,34H,4,15-18,20-21H2,1-3H3,(H,35,38)/t28-,30+/m1/s1. The summed E-state index contributed by atoms with van der Waals surface area (Å²) in [6.45, 7) is 4.50. The molecule has 1 aliphatic rings. The number of carbonyl (C=O) groups excluding carboxylic acids is 2. The molecule has 9 heteroatoms. The first kappa shape index (κ1) is 30.5. The summed E-state index contributed by atoms with van der Waals surface area (Å²) in [5.74, 6) is -0.0534. The van der Waals surface area contributed by atoms with E-state index in [1.54, 1.807) is 0 Å². The maximum absolute atomic E-state index is 13.5. The van der Waals surface area contributed by atoms with Crippen LogP contribution in [0.2, 0.25) is 5.02 Å². The van der Waals surface area contributed by atoms with Crippen LogP contribution in [0.15, 0.2) is 66.7 Å². The van der Waals surface area contributed by atoms with Gasteiger partial charge in [-0.25, -0.2) is 4.79 Å². The number of nitrogens with one attached hydrogen (secondary N) is 2. The zero-order chi connectivity index (χ0) is 29.2. The lowest BCUT2D eigenvalue weighted by molar-refractivity contribution is -0.106. The molecule has 2 atom stereocenters. The Balaban J connectivity index is 1.63. The van der Waals surface area contributed by atoms with E-state index in [4.69, 9.17) is 21.1 Å². The monoisotopic (exact) mass is 579 g/mol. The molecule has 0 unspecified atom stereocenters. The number of carbonyl (C=O) groups is 2. The third kappa shape index (κ3) is 7.86. The molecule has 41 heavy (non-hydrogen) atoms. The normalized spacial score (nSPS) is 15.8. The van der Waals surface area contributed by atoms with E-state index in [-0.39, 0.29) is 19.1 Å². The highest BCUT2D eigenvalue weighted by Crippen LogP contribution is 2.39. The Morgan fingerprint density at radius 1 is 1.10 bits per heavy atom.